The molecular weight excluding hydrogens is 735 g/mol. The van der Waals surface area contributed by atoms with Gasteiger partial charge < -0.3 is 30.2 Å². The van der Waals surface area contributed by atoms with Crippen molar-refractivity contribution in [3.8, 4) is 11.5 Å². The lowest BCUT2D eigenvalue weighted by molar-refractivity contribution is -0.116. The number of amides is 3. The minimum Gasteiger partial charge on any atom is -0.497 e. The number of carbonyl (C=O) groups excluding carboxylic acids is 4. The van der Waals surface area contributed by atoms with Crippen molar-refractivity contribution in [1.29, 1.82) is 0 Å². The summed E-state index contributed by atoms with van der Waals surface area (Å²) in [5, 5.41) is 8.55. The maximum absolute atomic E-state index is 14.2. The van der Waals surface area contributed by atoms with Gasteiger partial charge in [0, 0.05) is 26.6 Å². The summed E-state index contributed by atoms with van der Waals surface area (Å²) in [6.45, 7) is 2.00. The number of aryl methyl sites for hydroxylation is 1. The van der Waals surface area contributed by atoms with Crippen LogP contribution >= 0.6 is 23.1 Å². The van der Waals surface area contributed by atoms with E-state index < -0.39 is 23.0 Å². The molecule has 0 radical (unpaired) electrons. The quantitative estimate of drug-likeness (QED) is 0.0580. The van der Waals surface area contributed by atoms with E-state index in [0.717, 1.165) is 41.7 Å². The smallest absolute Gasteiger partial charge is 0.341 e. The third kappa shape index (κ3) is 9.64. The van der Waals surface area contributed by atoms with E-state index in [4.69, 9.17) is 14.2 Å². The van der Waals surface area contributed by atoms with E-state index in [1.54, 1.807) is 73.7 Å². The number of ether oxygens (including phenoxy) is 3. The number of carbonyl (C=O) groups is 4. The number of hydrogen-bond donors (Lipinski definition) is 3. The van der Waals surface area contributed by atoms with Crippen LogP contribution in [0.2, 0.25) is 0 Å². The molecule has 12 heteroatoms. The predicted octanol–water partition coefficient (Wildman–Crippen LogP) is 8.70. The summed E-state index contributed by atoms with van der Waals surface area (Å²) in [4.78, 5) is 56.4. The van der Waals surface area contributed by atoms with Crippen molar-refractivity contribution in [3.63, 3.8) is 0 Å². The number of anilines is 2. The van der Waals surface area contributed by atoms with Crippen molar-refractivity contribution in [2.24, 2.45) is 0 Å². The fourth-order valence-corrected chi connectivity index (χ4v) is 8.55. The van der Waals surface area contributed by atoms with Gasteiger partial charge in [-0.05, 0) is 98.3 Å². The van der Waals surface area contributed by atoms with Crippen molar-refractivity contribution in [3.05, 3.63) is 142 Å². The fraction of sp³-hybridized carbons (Fsp3) is 0.209. The lowest BCUT2D eigenvalue weighted by Gasteiger charge is -2.18. The Bertz CT molecular complexity index is 2200. The molecule has 0 bridgehead atoms. The molecular formula is C43H41N3O7S2. The van der Waals surface area contributed by atoms with Gasteiger partial charge in [0.1, 0.15) is 27.4 Å². The van der Waals surface area contributed by atoms with Crippen LogP contribution in [0.4, 0.5) is 10.7 Å². The van der Waals surface area contributed by atoms with Gasteiger partial charge in [0.25, 0.3) is 11.8 Å². The Hall–Kier alpha value is -5.85. The first-order valence-corrected chi connectivity index (χ1v) is 19.5. The molecule has 6 rings (SSSR count). The first-order valence-electron chi connectivity index (χ1n) is 17.8. The van der Waals surface area contributed by atoms with Crippen LogP contribution in [-0.4, -0.2) is 44.5 Å². The molecule has 1 aliphatic carbocycles. The van der Waals surface area contributed by atoms with Crippen LogP contribution in [-0.2, 0) is 27.2 Å². The second kappa shape index (κ2) is 18.5. The second-order valence-corrected chi connectivity index (χ2v) is 14.8. The first-order chi connectivity index (χ1) is 26.8. The zero-order chi connectivity index (χ0) is 38.7. The van der Waals surface area contributed by atoms with Gasteiger partial charge in [-0.2, -0.15) is 0 Å². The summed E-state index contributed by atoms with van der Waals surface area (Å²) >= 11 is 2.75. The van der Waals surface area contributed by atoms with E-state index in [1.807, 2.05) is 36.4 Å². The average molecular weight is 776 g/mol. The van der Waals surface area contributed by atoms with E-state index in [9.17, 15) is 19.2 Å². The van der Waals surface area contributed by atoms with Gasteiger partial charge in [0.05, 0.1) is 26.4 Å². The Morgan fingerprint density at radius 1 is 0.836 bits per heavy atom. The Morgan fingerprint density at radius 2 is 1.58 bits per heavy atom. The summed E-state index contributed by atoms with van der Waals surface area (Å²) in [5.41, 5.74) is 3.48. The molecule has 0 aliphatic heterocycles. The lowest BCUT2D eigenvalue weighted by Crippen LogP contribution is -2.30. The van der Waals surface area contributed by atoms with Crippen molar-refractivity contribution in [2.75, 3.05) is 31.5 Å². The number of benzene rings is 4. The summed E-state index contributed by atoms with van der Waals surface area (Å²) in [6.07, 6.45) is 5.16. The third-order valence-electron chi connectivity index (χ3n) is 8.84. The molecule has 0 fully saturated rings. The highest BCUT2D eigenvalue weighted by molar-refractivity contribution is 8.00. The van der Waals surface area contributed by atoms with Crippen LogP contribution in [0.1, 0.15) is 67.3 Å². The van der Waals surface area contributed by atoms with E-state index >= 15 is 0 Å². The summed E-state index contributed by atoms with van der Waals surface area (Å²) < 4.78 is 16.3. The first kappa shape index (κ1) is 38.9. The Labute approximate surface area is 328 Å². The molecule has 1 aromatic heterocycles. The molecule has 1 atom stereocenters. The van der Waals surface area contributed by atoms with Crippen molar-refractivity contribution >= 4 is 63.6 Å². The molecule has 0 saturated carbocycles. The maximum Gasteiger partial charge on any atom is 0.341 e. The molecule has 55 heavy (non-hydrogen) atoms. The van der Waals surface area contributed by atoms with E-state index in [-0.39, 0.29) is 18.2 Å². The molecule has 0 spiro atoms. The van der Waals surface area contributed by atoms with E-state index in [2.05, 4.69) is 16.0 Å². The van der Waals surface area contributed by atoms with Crippen LogP contribution in [0.5, 0.6) is 11.5 Å². The highest BCUT2D eigenvalue weighted by Gasteiger charge is 2.30. The Balaban J connectivity index is 1.27. The van der Waals surface area contributed by atoms with Crippen LogP contribution in [0, 0.1) is 0 Å². The second-order valence-electron chi connectivity index (χ2n) is 12.5. The molecule has 1 unspecified atom stereocenters. The summed E-state index contributed by atoms with van der Waals surface area (Å²) in [5.74, 6) is -0.762. The third-order valence-corrected chi connectivity index (χ3v) is 11.3. The SMILES string of the molecule is CCOC(=O)c1c(NC(=O)C(Sc2cccc(NC(=O)/C(=C\c3cc(OC)ccc3OC)NC(=O)c3ccccc3)c2)c2ccccc2)sc2c1CCCC2. The van der Waals surface area contributed by atoms with E-state index in [1.165, 1.54) is 43.4 Å². The zero-order valence-electron chi connectivity index (χ0n) is 30.7. The Morgan fingerprint density at radius 3 is 2.31 bits per heavy atom. The normalized spacial score (nSPS) is 12.8. The summed E-state index contributed by atoms with van der Waals surface area (Å²) in [6, 6.07) is 30.2. The number of esters is 1. The molecule has 1 aliphatic rings. The van der Waals surface area contributed by atoms with Crippen molar-refractivity contribution in [2.45, 2.75) is 42.8 Å². The van der Waals surface area contributed by atoms with Crippen LogP contribution < -0.4 is 25.4 Å². The van der Waals surface area contributed by atoms with Gasteiger partial charge in [0.2, 0.25) is 5.91 Å². The van der Waals surface area contributed by atoms with Crippen LogP contribution in [0.25, 0.3) is 6.08 Å². The fourth-order valence-electron chi connectivity index (χ4n) is 6.18. The van der Waals surface area contributed by atoms with Gasteiger partial charge in [-0.1, -0.05) is 54.6 Å². The molecule has 3 amide bonds. The number of rotatable bonds is 14. The molecule has 3 N–H and O–H groups in total. The molecule has 10 nitrogen and oxygen atoms in total. The minimum atomic E-state index is -0.706. The van der Waals surface area contributed by atoms with Crippen LogP contribution in [0.15, 0.2) is 114 Å². The van der Waals surface area contributed by atoms with Gasteiger partial charge in [-0.3, -0.25) is 14.4 Å². The minimum absolute atomic E-state index is 0.0314. The van der Waals surface area contributed by atoms with E-state index in [0.29, 0.717) is 43.8 Å². The number of thioether (sulfide) groups is 1. The Kier molecular flexibility index (Phi) is 13.0. The molecule has 282 valence electrons. The molecule has 5 aromatic rings. The van der Waals surface area contributed by atoms with Gasteiger partial charge in [0.15, 0.2) is 0 Å². The largest absolute Gasteiger partial charge is 0.497 e. The molecule has 1 heterocycles. The number of nitrogens with one attached hydrogen (secondary N) is 3. The number of methoxy groups -OCH3 is 2. The standard InChI is InChI=1S/C43H41N3O7S2/c1-4-53-43(50)37-33-20-11-12-21-36(33)55-42(37)46-41(49)38(27-14-7-5-8-15-27)54-32-19-13-18-30(26-32)44-40(48)34(45-39(47)28-16-9-6-10-17-28)25-29-24-31(51-2)22-23-35(29)52-3/h5-10,13-19,22-26,38H,4,11-12,20-21H2,1-3H3,(H,44,48)(H,45,47)(H,46,49)/b34-25+. The molecule has 0 saturated heterocycles. The van der Waals surface area contributed by atoms with Crippen LogP contribution in [0.3, 0.4) is 0 Å². The number of hydrogen-bond acceptors (Lipinski definition) is 9. The van der Waals surface area contributed by atoms with Gasteiger partial charge in [-0.25, -0.2) is 4.79 Å². The van der Waals surface area contributed by atoms with Crippen molar-refractivity contribution < 1.29 is 33.4 Å². The number of fused-ring (bicyclic) bond motifs is 1. The average Bonchev–Trinajstić information content (AvgIpc) is 3.58. The predicted molar refractivity (Wildman–Crippen MR) is 217 cm³/mol. The highest BCUT2D eigenvalue weighted by Crippen LogP contribution is 2.42. The maximum atomic E-state index is 14.2. The monoisotopic (exact) mass is 775 g/mol. The molecule has 4 aromatic carbocycles. The van der Waals surface area contributed by atoms with Gasteiger partial charge in [-0.15, -0.1) is 23.1 Å². The lowest BCUT2D eigenvalue weighted by atomic mass is 9.95. The number of thiophene rings is 1. The zero-order valence-corrected chi connectivity index (χ0v) is 32.3. The topological polar surface area (TPSA) is 132 Å². The van der Waals surface area contributed by atoms with Crippen molar-refractivity contribution in [1.82, 2.24) is 5.32 Å². The highest BCUT2D eigenvalue weighted by atomic mass is 32.2. The van der Waals surface area contributed by atoms with Gasteiger partial charge >= 0.3 is 5.97 Å². The summed E-state index contributed by atoms with van der Waals surface area (Å²) in [7, 11) is 3.05.